The Labute approximate surface area is 122 Å². The molecular weight excluding hydrogens is 324 g/mol. The van der Waals surface area contributed by atoms with Gasteiger partial charge < -0.3 is 5.73 Å². The van der Waals surface area contributed by atoms with E-state index >= 15 is 0 Å². The van der Waals surface area contributed by atoms with Crippen LogP contribution in [0.5, 0.6) is 0 Å². The third kappa shape index (κ3) is 2.80. The van der Waals surface area contributed by atoms with Crippen molar-refractivity contribution in [2.75, 3.05) is 30.0 Å². The van der Waals surface area contributed by atoms with Crippen molar-refractivity contribution in [2.45, 2.75) is 10.3 Å². The van der Waals surface area contributed by atoms with Crippen LogP contribution in [-0.4, -0.2) is 60.6 Å². The Morgan fingerprint density at radius 3 is 2.55 bits per heavy atom. The van der Waals surface area contributed by atoms with Gasteiger partial charge in [0.05, 0.1) is 0 Å². The smallest absolute Gasteiger partial charge is 0.249 e. The Hall–Kier alpha value is -0.780. The fourth-order valence-electron chi connectivity index (χ4n) is 1.99. The number of aryl methyl sites for hydroxylation is 1. The molecule has 8 nitrogen and oxygen atoms in total. The van der Waals surface area contributed by atoms with E-state index in [1.54, 1.807) is 7.05 Å². The van der Waals surface area contributed by atoms with E-state index < -0.39 is 25.2 Å². The van der Waals surface area contributed by atoms with Crippen LogP contribution in [-0.2, 0) is 26.9 Å². The number of sulfone groups is 1. The number of anilines is 1. The summed E-state index contributed by atoms with van der Waals surface area (Å²) in [5.74, 6) is 0.641. The van der Waals surface area contributed by atoms with Gasteiger partial charge in [-0.05, 0) is 0 Å². The lowest BCUT2D eigenvalue weighted by Crippen LogP contribution is -2.49. The molecule has 2 N–H and O–H groups in total. The standard InChI is InChI=1S/C9H16N4O4S3/c1-12-5-7(9(10)11-12)20(16,17)13-3-4-18-6-8(13)19(2,14)15/h5,8H,3-4,6H2,1-2H3,(H2,10,11). The van der Waals surface area contributed by atoms with E-state index in [1.807, 2.05) is 0 Å². The largest absolute Gasteiger partial charge is 0.381 e. The molecule has 1 unspecified atom stereocenters. The summed E-state index contributed by atoms with van der Waals surface area (Å²) in [4.78, 5) is -0.152. The van der Waals surface area contributed by atoms with E-state index in [0.717, 1.165) is 10.6 Å². The molecule has 1 atom stereocenters. The van der Waals surface area contributed by atoms with E-state index in [0.29, 0.717) is 5.75 Å². The number of nitrogens with two attached hydrogens (primary N) is 1. The van der Waals surface area contributed by atoms with Crippen LogP contribution < -0.4 is 5.73 Å². The van der Waals surface area contributed by atoms with Gasteiger partial charge >= 0.3 is 0 Å². The normalized spacial score (nSPS) is 22.0. The molecule has 1 fully saturated rings. The second-order valence-corrected chi connectivity index (χ2v) is 9.74. The van der Waals surface area contributed by atoms with Crippen LogP contribution in [0.25, 0.3) is 0 Å². The lowest BCUT2D eigenvalue weighted by Gasteiger charge is -2.32. The maximum Gasteiger partial charge on any atom is 0.249 e. The van der Waals surface area contributed by atoms with Gasteiger partial charge in [0.15, 0.2) is 15.7 Å². The summed E-state index contributed by atoms with van der Waals surface area (Å²) < 4.78 is 51.1. The predicted molar refractivity (Wildman–Crippen MR) is 77.5 cm³/mol. The second-order valence-electron chi connectivity index (χ2n) is 4.53. The fourth-order valence-corrected chi connectivity index (χ4v) is 7.25. The lowest BCUT2D eigenvalue weighted by molar-refractivity contribution is 0.405. The Bertz CT molecular complexity index is 710. The van der Waals surface area contributed by atoms with Crippen LogP contribution in [0.15, 0.2) is 11.1 Å². The zero-order valence-corrected chi connectivity index (χ0v) is 13.5. The van der Waals surface area contributed by atoms with Crippen LogP contribution in [0.3, 0.4) is 0 Å². The summed E-state index contributed by atoms with van der Waals surface area (Å²) >= 11 is 1.42. The topological polar surface area (TPSA) is 115 Å². The number of hydrogen-bond acceptors (Lipinski definition) is 7. The molecule has 114 valence electrons. The van der Waals surface area contributed by atoms with Crippen molar-refractivity contribution in [1.82, 2.24) is 14.1 Å². The van der Waals surface area contributed by atoms with E-state index in [4.69, 9.17) is 5.73 Å². The van der Waals surface area contributed by atoms with E-state index in [-0.39, 0.29) is 23.0 Å². The van der Waals surface area contributed by atoms with Gasteiger partial charge in [0.25, 0.3) is 0 Å². The zero-order chi connectivity index (χ0) is 15.1. The minimum atomic E-state index is -3.97. The third-order valence-corrected chi connectivity index (χ3v) is 7.64. The molecule has 2 heterocycles. The number of sulfonamides is 1. The molecule has 1 aromatic heterocycles. The van der Waals surface area contributed by atoms with Crippen molar-refractivity contribution in [3.8, 4) is 0 Å². The number of hydrogen-bond donors (Lipinski definition) is 1. The highest BCUT2D eigenvalue weighted by molar-refractivity contribution is 8.01. The molecule has 11 heteroatoms. The molecule has 1 aromatic rings. The molecule has 1 saturated heterocycles. The molecule has 1 aliphatic heterocycles. The highest BCUT2D eigenvalue weighted by Gasteiger charge is 2.40. The van der Waals surface area contributed by atoms with Crippen molar-refractivity contribution in [3.05, 3.63) is 6.20 Å². The molecule has 20 heavy (non-hydrogen) atoms. The van der Waals surface area contributed by atoms with Crippen molar-refractivity contribution in [3.63, 3.8) is 0 Å². The molecule has 0 aliphatic carbocycles. The quantitative estimate of drug-likeness (QED) is 0.759. The molecule has 1 aliphatic rings. The third-order valence-electron chi connectivity index (χ3n) is 2.94. The molecule has 0 aromatic carbocycles. The number of thioether (sulfide) groups is 1. The van der Waals surface area contributed by atoms with Gasteiger partial charge in [-0.3, -0.25) is 4.68 Å². The molecule has 0 spiro atoms. The van der Waals surface area contributed by atoms with Crippen LogP contribution >= 0.6 is 11.8 Å². The Kier molecular flexibility index (Phi) is 4.06. The first-order valence-corrected chi connectivity index (χ1v) is 10.3. The number of aromatic nitrogens is 2. The van der Waals surface area contributed by atoms with Gasteiger partial charge in [-0.2, -0.15) is 21.2 Å². The molecule has 0 saturated carbocycles. The zero-order valence-electron chi connectivity index (χ0n) is 11.1. The van der Waals surface area contributed by atoms with Gasteiger partial charge in [0, 0.05) is 37.6 Å². The van der Waals surface area contributed by atoms with E-state index in [1.165, 1.54) is 22.6 Å². The van der Waals surface area contributed by atoms with Gasteiger partial charge in [-0.15, -0.1) is 0 Å². The summed E-state index contributed by atoms with van der Waals surface area (Å²) in [6.07, 6.45) is 2.32. The van der Waals surface area contributed by atoms with E-state index in [2.05, 4.69) is 5.10 Å². The summed E-state index contributed by atoms with van der Waals surface area (Å²) in [5, 5.41) is 2.73. The van der Waals surface area contributed by atoms with Crippen LogP contribution in [0.1, 0.15) is 0 Å². The minimum absolute atomic E-state index is 0.127. The molecule has 2 rings (SSSR count). The highest BCUT2D eigenvalue weighted by atomic mass is 32.2. The number of rotatable bonds is 3. The van der Waals surface area contributed by atoms with Crippen molar-refractivity contribution in [2.24, 2.45) is 7.05 Å². The Balaban J connectivity index is 2.49. The van der Waals surface area contributed by atoms with Gasteiger partial charge in [-0.25, -0.2) is 16.8 Å². The summed E-state index contributed by atoms with van der Waals surface area (Å²) in [6.45, 7) is 0.138. The first-order chi connectivity index (χ1) is 9.14. The van der Waals surface area contributed by atoms with Gasteiger partial charge in [-0.1, -0.05) is 0 Å². The summed E-state index contributed by atoms with van der Waals surface area (Å²) in [5.41, 5.74) is 5.60. The lowest BCUT2D eigenvalue weighted by atomic mass is 10.6. The van der Waals surface area contributed by atoms with Crippen LogP contribution in [0.2, 0.25) is 0 Å². The van der Waals surface area contributed by atoms with Gasteiger partial charge in [0.1, 0.15) is 10.3 Å². The number of nitrogens with zero attached hydrogens (tertiary/aromatic N) is 3. The Morgan fingerprint density at radius 1 is 1.40 bits per heavy atom. The first-order valence-electron chi connectivity index (χ1n) is 5.71. The van der Waals surface area contributed by atoms with Crippen molar-refractivity contribution < 1.29 is 16.8 Å². The van der Waals surface area contributed by atoms with E-state index in [9.17, 15) is 16.8 Å². The number of nitrogen functional groups attached to an aromatic ring is 1. The average Bonchev–Trinajstić information content (AvgIpc) is 2.68. The Morgan fingerprint density at radius 2 is 2.05 bits per heavy atom. The van der Waals surface area contributed by atoms with Gasteiger partial charge in [0.2, 0.25) is 10.0 Å². The molecule has 0 amide bonds. The van der Waals surface area contributed by atoms with Crippen LogP contribution in [0, 0.1) is 0 Å². The van der Waals surface area contributed by atoms with Crippen molar-refractivity contribution in [1.29, 1.82) is 0 Å². The average molecular weight is 340 g/mol. The van der Waals surface area contributed by atoms with Crippen LogP contribution in [0.4, 0.5) is 5.82 Å². The monoisotopic (exact) mass is 340 g/mol. The predicted octanol–water partition coefficient (Wildman–Crippen LogP) is -0.889. The SMILES string of the molecule is Cn1cc(S(=O)(=O)N2CCSCC2S(C)(=O)=O)c(N)n1. The first kappa shape index (κ1) is 15.6. The molecule has 0 bridgehead atoms. The summed E-state index contributed by atoms with van der Waals surface area (Å²) in [7, 11) is -5.93. The fraction of sp³-hybridized carbons (Fsp3) is 0.667. The maximum atomic E-state index is 12.6. The second kappa shape index (κ2) is 5.20. The highest BCUT2D eigenvalue weighted by Crippen LogP contribution is 2.29. The van der Waals surface area contributed by atoms with Crippen molar-refractivity contribution >= 4 is 37.4 Å². The maximum absolute atomic E-state index is 12.6. The molecular formula is C9H16N4O4S3. The minimum Gasteiger partial charge on any atom is -0.381 e. The molecule has 0 radical (unpaired) electrons. The summed E-state index contributed by atoms with van der Waals surface area (Å²) in [6, 6.07) is 0.